The fraction of sp³-hybridized carbons (Fsp3) is 0. The standard InChI is InChI=1S/C12H9FN2O2/c13-9-4-2-1-3-8(9)11(16)7-5-10(12(14)17)15-6-7/h1-6,15H,(H2,14,17). The number of carbonyl (C=O) groups is 2. The summed E-state index contributed by atoms with van der Waals surface area (Å²) < 4.78 is 13.4. The summed E-state index contributed by atoms with van der Waals surface area (Å²) in [6.45, 7) is 0. The summed E-state index contributed by atoms with van der Waals surface area (Å²) in [6.07, 6.45) is 1.33. The lowest BCUT2D eigenvalue weighted by atomic mass is 10.1. The van der Waals surface area contributed by atoms with Gasteiger partial charge in [-0.2, -0.15) is 0 Å². The normalized spacial score (nSPS) is 10.2. The number of amides is 1. The van der Waals surface area contributed by atoms with Gasteiger partial charge in [0.2, 0.25) is 0 Å². The maximum atomic E-state index is 13.4. The average Bonchev–Trinajstić information content (AvgIpc) is 2.78. The first-order valence-corrected chi connectivity index (χ1v) is 4.87. The molecule has 5 heteroatoms. The molecule has 0 spiro atoms. The number of hydrogen-bond acceptors (Lipinski definition) is 2. The van der Waals surface area contributed by atoms with Crippen molar-refractivity contribution in [3.05, 3.63) is 59.2 Å². The van der Waals surface area contributed by atoms with Gasteiger partial charge in [0.05, 0.1) is 5.56 Å². The molecule has 0 aliphatic heterocycles. The first-order valence-electron chi connectivity index (χ1n) is 4.87. The summed E-state index contributed by atoms with van der Waals surface area (Å²) in [7, 11) is 0. The van der Waals surface area contributed by atoms with Crippen molar-refractivity contribution in [1.29, 1.82) is 0 Å². The molecule has 1 aromatic heterocycles. The molecule has 0 aliphatic carbocycles. The molecule has 3 N–H and O–H groups in total. The monoisotopic (exact) mass is 232 g/mol. The minimum absolute atomic E-state index is 0.0393. The van der Waals surface area contributed by atoms with Crippen LogP contribution in [0.4, 0.5) is 4.39 Å². The smallest absolute Gasteiger partial charge is 0.265 e. The zero-order chi connectivity index (χ0) is 12.4. The maximum absolute atomic E-state index is 13.4. The van der Waals surface area contributed by atoms with E-state index in [0.29, 0.717) is 0 Å². The molecule has 0 aliphatic rings. The first kappa shape index (κ1) is 11.1. The van der Waals surface area contributed by atoms with Crippen LogP contribution in [0.25, 0.3) is 0 Å². The molecule has 2 aromatic rings. The molecule has 1 amide bonds. The lowest BCUT2D eigenvalue weighted by molar-refractivity contribution is 0.0995. The van der Waals surface area contributed by atoms with E-state index in [0.717, 1.165) is 0 Å². The van der Waals surface area contributed by atoms with Crippen LogP contribution in [-0.2, 0) is 0 Å². The number of primary amides is 1. The van der Waals surface area contributed by atoms with Crippen molar-refractivity contribution in [2.45, 2.75) is 0 Å². The van der Waals surface area contributed by atoms with E-state index in [1.165, 1.54) is 30.5 Å². The molecule has 0 unspecified atom stereocenters. The third-order valence-corrected chi connectivity index (χ3v) is 2.33. The first-order chi connectivity index (χ1) is 8.09. The van der Waals surface area contributed by atoms with Crippen LogP contribution in [0.15, 0.2) is 36.5 Å². The number of halogens is 1. The van der Waals surface area contributed by atoms with Gasteiger partial charge >= 0.3 is 0 Å². The molecule has 1 aromatic carbocycles. The Morgan fingerprint density at radius 1 is 1.24 bits per heavy atom. The van der Waals surface area contributed by atoms with Crippen LogP contribution >= 0.6 is 0 Å². The van der Waals surface area contributed by atoms with Crippen molar-refractivity contribution in [2.24, 2.45) is 5.73 Å². The molecular weight excluding hydrogens is 223 g/mol. The third kappa shape index (κ3) is 2.08. The Kier molecular flexibility index (Phi) is 2.74. The van der Waals surface area contributed by atoms with Crippen molar-refractivity contribution in [3.8, 4) is 0 Å². The second-order valence-corrected chi connectivity index (χ2v) is 3.48. The van der Waals surface area contributed by atoms with Crippen LogP contribution in [-0.4, -0.2) is 16.7 Å². The van der Waals surface area contributed by atoms with Gasteiger partial charge in [0.1, 0.15) is 11.5 Å². The van der Waals surface area contributed by atoms with Gasteiger partial charge in [-0.25, -0.2) is 4.39 Å². The van der Waals surface area contributed by atoms with Crippen LogP contribution in [0.3, 0.4) is 0 Å². The summed E-state index contributed by atoms with van der Waals surface area (Å²) in [5, 5.41) is 0. The minimum atomic E-state index is -0.669. The van der Waals surface area contributed by atoms with E-state index in [1.807, 2.05) is 0 Å². The van der Waals surface area contributed by atoms with E-state index < -0.39 is 17.5 Å². The van der Waals surface area contributed by atoms with Gasteiger partial charge in [-0.15, -0.1) is 0 Å². The Morgan fingerprint density at radius 3 is 2.53 bits per heavy atom. The fourth-order valence-corrected chi connectivity index (χ4v) is 1.47. The summed E-state index contributed by atoms with van der Waals surface area (Å²) in [5.41, 5.74) is 5.31. The number of aromatic nitrogens is 1. The lowest BCUT2D eigenvalue weighted by Crippen LogP contribution is -2.11. The number of hydrogen-bond donors (Lipinski definition) is 2. The number of aromatic amines is 1. The summed E-state index contributed by atoms with van der Waals surface area (Å²) >= 11 is 0. The van der Waals surface area contributed by atoms with Crippen LogP contribution in [0.2, 0.25) is 0 Å². The number of rotatable bonds is 3. The number of nitrogens with two attached hydrogens (primary N) is 1. The number of carbonyl (C=O) groups excluding carboxylic acids is 2. The molecule has 0 atom stereocenters. The molecule has 4 nitrogen and oxygen atoms in total. The van der Waals surface area contributed by atoms with Gasteiger partial charge in [-0.3, -0.25) is 9.59 Å². The molecule has 17 heavy (non-hydrogen) atoms. The molecule has 0 saturated carbocycles. The van der Waals surface area contributed by atoms with Crippen LogP contribution in [0.1, 0.15) is 26.4 Å². The van der Waals surface area contributed by atoms with Gasteiger partial charge in [-0.1, -0.05) is 12.1 Å². The zero-order valence-corrected chi connectivity index (χ0v) is 8.74. The van der Waals surface area contributed by atoms with Crippen molar-refractivity contribution < 1.29 is 14.0 Å². The van der Waals surface area contributed by atoms with Gasteiger partial charge in [0.15, 0.2) is 5.78 Å². The van der Waals surface area contributed by atoms with E-state index in [2.05, 4.69) is 4.98 Å². The van der Waals surface area contributed by atoms with Gasteiger partial charge in [0, 0.05) is 11.8 Å². The Morgan fingerprint density at radius 2 is 1.94 bits per heavy atom. The second kappa shape index (κ2) is 4.21. The minimum Gasteiger partial charge on any atom is -0.364 e. The second-order valence-electron chi connectivity index (χ2n) is 3.48. The van der Waals surface area contributed by atoms with Crippen LogP contribution < -0.4 is 5.73 Å². The topological polar surface area (TPSA) is 76.0 Å². The number of nitrogens with one attached hydrogen (secondary N) is 1. The Balaban J connectivity index is 2.37. The quantitative estimate of drug-likeness (QED) is 0.786. The summed E-state index contributed by atoms with van der Waals surface area (Å²) in [5.74, 6) is -1.76. The Hall–Kier alpha value is -2.43. The molecule has 0 radical (unpaired) electrons. The van der Waals surface area contributed by atoms with E-state index in [-0.39, 0.29) is 16.8 Å². The lowest BCUT2D eigenvalue weighted by Gasteiger charge is -1.99. The summed E-state index contributed by atoms with van der Waals surface area (Å²) in [4.78, 5) is 25.3. The molecule has 86 valence electrons. The SMILES string of the molecule is NC(=O)c1cc(C(=O)c2ccccc2F)c[nH]1. The van der Waals surface area contributed by atoms with Crippen molar-refractivity contribution in [1.82, 2.24) is 4.98 Å². The summed E-state index contributed by atoms with van der Waals surface area (Å²) in [6, 6.07) is 6.95. The third-order valence-electron chi connectivity index (χ3n) is 2.33. The van der Waals surface area contributed by atoms with Crippen molar-refractivity contribution in [3.63, 3.8) is 0 Å². The van der Waals surface area contributed by atoms with E-state index in [9.17, 15) is 14.0 Å². The number of H-pyrrole nitrogens is 1. The average molecular weight is 232 g/mol. The van der Waals surface area contributed by atoms with Gasteiger partial charge < -0.3 is 10.7 Å². The largest absolute Gasteiger partial charge is 0.364 e. The maximum Gasteiger partial charge on any atom is 0.265 e. The zero-order valence-electron chi connectivity index (χ0n) is 8.74. The molecular formula is C12H9FN2O2. The Bertz CT molecular complexity index is 590. The van der Waals surface area contributed by atoms with Crippen molar-refractivity contribution >= 4 is 11.7 Å². The number of ketones is 1. The van der Waals surface area contributed by atoms with E-state index in [1.54, 1.807) is 6.07 Å². The highest BCUT2D eigenvalue weighted by molar-refractivity contribution is 6.10. The highest BCUT2D eigenvalue weighted by Gasteiger charge is 2.15. The number of benzene rings is 1. The molecule has 0 saturated heterocycles. The Labute approximate surface area is 96.3 Å². The van der Waals surface area contributed by atoms with Gasteiger partial charge in [-0.05, 0) is 18.2 Å². The molecule has 0 fully saturated rings. The van der Waals surface area contributed by atoms with E-state index in [4.69, 9.17) is 5.73 Å². The highest BCUT2D eigenvalue weighted by Crippen LogP contribution is 2.14. The van der Waals surface area contributed by atoms with Crippen LogP contribution in [0, 0.1) is 5.82 Å². The van der Waals surface area contributed by atoms with E-state index >= 15 is 0 Å². The van der Waals surface area contributed by atoms with Crippen LogP contribution in [0.5, 0.6) is 0 Å². The molecule has 0 bridgehead atoms. The van der Waals surface area contributed by atoms with Gasteiger partial charge in [0.25, 0.3) is 5.91 Å². The molecule has 1 heterocycles. The highest BCUT2D eigenvalue weighted by atomic mass is 19.1. The predicted molar refractivity (Wildman–Crippen MR) is 59.1 cm³/mol. The fourth-order valence-electron chi connectivity index (χ4n) is 1.47. The predicted octanol–water partition coefficient (Wildman–Crippen LogP) is 1.48. The molecule has 2 rings (SSSR count). The van der Waals surface area contributed by atoms with Crippen molar-refractivity contribution in [2.75, 3.05) is 0 Å².